The van der Waals surface area contributed by atoms with Gasteiger partial charge in [0.25, 0.3) is 0 Å². The number of carbonyl (C=O) groups excluding carboxylic acids is 1. The number of hydrogen-bond donors (Lipinski definition) is 1. The van der Waals surface area contributed by atoms with E-state index in [1.165, 1.54) is 44.8 Å². The summed E-state index contributed by atoms with van der Waals surface area (Å²) in [5, 5.41) is 1.52. The Bertz CT molecular complexity index is 1230. The van der Waals surface area contributed by atoms with Crippen LogP contribution in [0.1, 0.15) is 16.4 Å². The Morgan fingerprint density at radius 3 is 2.52 bits per heavy atom. The summed E-state index contributed by atoms with van der Waals surface area (Å²) in [5.41, 5.74) is 1.02. The fourth-order valence-electron chi connectivity index (χ4n) is 3.15. The third kappa shape index (κ3) is 5.95. The van der Waals surface area contributed by atoms with Crippen LogP contribution >= 0.6 is 0 Å². The summed E-state index contributed by atoms with van der Waals surface area (Å²) in [4.78, 5) is 16.4. The van der Waals surface area contributed by atoms with Crippen LogP contribution in [-0.4, -0.2) is 40.1 Å². The average Bonchev–Trinajstić information content (AvgIpc) is 2.83. The maximum absolute atomic E-state index is 13.3. The van der Waals surface area contributed by atoms with Crippen LogP contribution in [0.5, 0.6) is 11.5 Å². The molecule has 1 N–H and O–H groups in total. The lowest BCUT2D eigenvalue weighted by atomic mass is 10.1. The largest absolute Gasteiger partial charge is 0.497 e. The van der Waals surface area contributed by atoms with E-state index in [0.717, 1.165) is 12.1 Å². The number of pyridine rings is 1. The number of sulfone groups is 1. The van der Waals surface area contributed by atoms with Crippen molar-refractivity contribution in [1.29, 1.82) is 0 Å². The predicted octanol–water partition coefficient (Wildman–Crippen LogP) is 3.58. The molecule has 0 bridgehead atoms. The first-order chi connectivity index (χ1) is 15.8. The second-order valence-electron chi connectivity index (χ2n) is 6.96. The van der Waals surface area contributed by atoms with Crippen molar-refractivity contribution in [2.24, 2.45) is 0 Å². The van der Waals surface area contributed by atoms with Gasteiger partial charge < -0.3 is 14.8 Å². The highest BCUT2D eigenvalue weighted by molar-refractivity contribution is 7.91. The normalized spacial score (nSPS) is 12.3. The second kappa shape index (κ2) is 10.7. The summed E-state index contributed by atoms with van der Waals surface area (Å²) in [7, 11) is -0.894. The molecule has 3 rings (SSSR count). The van der Waals surface area contributed by atoms with Crippen molar-refractivity contribution in [1.82, 2.24) is 10.3 Å². The van der Waals surface area contributed by atoms with Crippen LogP contribution in [0.2, 0.25) is 0 Å². The first-order valence-corrected chi connectivity index (χ1v) is 11.5. The number of benzene rings is 2. The van der Waals surface area contributed by atoms with Crippen LogP contribution in [0.3, 0.4) is 0 Å². The zero-order valence-electron chi connectivity index (χ0n) is 18.1. The summed E-state index contributed by atoms with van der Waals surface area (Å²) in [5.74, 6) is 0.103. The molecule has 1 amide bonds. The highest BCUT2D eigenvalue weighted by Gasteiger charge is 2.29. The van der Waals surface area contributed by atoms with Crippen molar-refractivity contribution >= 4 is 21.8 Å². The Morgan fingerprint density at radius 1 is 1.12 bits per heavy atom. The van der Waals surface area contributed by atoms with Gasteiger partial charge in [0.2, 0.25) is 5.91 Å². The maximum atomic E-state index is 13.3. The molecule has 0 saturated carbocycles. The van der Waals surface area contributed by atoms with Crippen molar-refractivity contribution < 1.29 is 27.1 Å². The fourth-order valence-corrected chi connectivity index (χ4v) is 4.79. The van der Waals surface area contributed by atoms with E-state index in [0.29, 0.717) is 22.6 Å². The van der Waals surface area contributed by atoms with E-state index in [1.807, 2.05) is 0 Å². The summed E-state index contributed by atoms with van der Waals surface area (Å²) >= 11 is 0. The van der Waals surface area contributed by atoms with Crippen molar-refractivity contribution in [3.05, 3.63) is 90.0 Å². The number of hydrogen-bond acceptors (Lipinski definition) is 6. The van der Waals surface area contributed by atoms with Crippen LogP contribution in [0.15, 0.2) is 78.0 Å². The van der Waals surface area contributed by atoms with E-state index in [1.54, 1.807) is 36.4 Å². The van der Waals surface area contributed by atoms with Gasteiger partial charge in [0.15, 0.2) is 9.84 Å². The molecule has 1 heterocycles. The molecule has 1 atom stereocenters. The zero-order valence-corrected chi connectivity index (χ0v) is 18.9. The maximum Gasteiger partial charge on any atom is 0.244 e. The van der Waals surface area contributed by atoms with Crippen molar-refractivity contribution in [2.75, 3.05) is 20.8 Å². The van der Waals surface area contributed by atoms with E-state index in [9.17, 15) is 17.6 Å². The van der Waals surface area contributed by atoms with E-state index in [4.69, 9.17) is 9.47 Å². The molecule has 33 heavy (non-hydrogen) atoms. The Morgan fingerprint density at radius 2 is 1.88 bits per heavy atom. The monoisotopic (exact) mass is 470 g/mol. The van der Waals surface area contributed by atoms with E-state index in [2.05, 4.69) is 10.3 Å². The topological polar surface area (TPSA) is 94.6 Å². The van der Waals surface area contributed by atoms with Gasteiger partial charge in [-0.15, -0.1) is 0 Å². The van der Waals surface area contributed by atoms with Crippen molar-refractivity contribution in [2.45, 2.75) is 10.1 Å². The van der Waals surface area contributed by atoms with Crippen LogP contribution in [0.25, 0.3) is 6.08 Å². The molecular formula is C24H23FN2O5S. The van der Waals surface area contributed by atoms with Gasteiger partial charge >= 0.3 is 0 Å². The molecule has 0 aliphatic heterocycles. The number of methoxy groups -OCH3 is 2. The first kappa shape index (κ1) is 23.9. The number of carbonyl (C=O) groups is 1. The number of amides is 1. The zero-order chi connectivity index (χ0) is 23.8. The molecule has 0 radical (unpaired) electrons. The lowest BCUT2D eigenvalue weighted by molar-refractivity contribution is -0.116. The van der Waals surface area contributed by atoms with E-state index in [-0.39, 0.29) is 11.4 Å². The van der Waals surface area contributed by atoms with Gasteiger partial charge in [-0.2, -0.15) is 0 Å². The lowest BCUT2D eigenvalue weighted by Crippen LogP contribution is -2.31. The Labute approximate surface area is 191 Å². The molecule has 0 spiro atoms. The fraction of sp³-hybridized carbons (Fsp3) is 0.167. The number of halogens is 1. The number of nitrogens with zero attached hydrogens (tertiary/aromatic N) is 1. The van der Waals surface area contributed by atoms with E-state index < -0.39 is 26.8 Å². The quantitative estimate of drug-likeness (QED) is 0.380. The minimum atomic E-state index is -3.94. The predicted molar refractivity (Wildman–Crippen MR) is 122 cm³/mol. The standard InChI is InChI=1S/C24H23FN2O5S/c1-31-20-8-11-22(32-2)17(14-20)5-12-24(28)27-16-23(18-4-3-13-26-15-18)33(29,30)21-9-6-19(25)7-10-21/h3-15,23H,16H2,1-2H3,(H,27,28)/b12-5+. The Hall–Kier alpha value is -3.72. The number of ether oxygens (including phenoxy) is 2. The van der Waals surface area contributed by atoms with Gasteiger partial charge in [-0.05, 0) is 60.2 Å². The summed E-state index contributed by atoms with van der Waals surface area (Å²) in [6, 6.07) is 12.9. The third-order valence-corrected chi connectivity index (χ3v) is 7.00. The molecule has 0 aliphatic carbocycles. The molecule has 1 unspecified atom stereocenters. The van der Waals surface area contributed by atoms with Crippen LogP contribution in [-0.2, 0) is 14.6 Å². The number of aromatic nitrogens is 1. The molecule has 7 nitrogen and oxygen atoms in total. The van der Waals surface area contributed by atoms with Crippen molar-refractivity contribution in [3.63, 3.8) is 0 Å². The lowest BCUT2D eigenvalue weighted by Gasteiger charge is -2.18. The molecule has 172 valence electrons. The van der Waals surface area contributed by atoms with Gasteiger partial charge in [0, 0.05) is 30.6 Å². The molecule has 2 aromatic carbocycles. The average molecular weight is 471 g/mol. The Balaban J connectivity index is 1.81. The summed E-state index contributed by atoms with van der Waals surface area (Å²) in [6.07, 6.45) is 5.77. The Kier molecular flexibility index (Phi) is 7.78. The van der Waals surface area contributed by atoms with E-state index >= 15 is 0 Å². The molecule has 0 fully saturated rings. The van der Waals surface area contributed by atoms with Gasteiger partial charge in [-0.25, -0.2) is 12.8 Å². The molecule has 3 aromatic rings. The molecule has 1 aromatic heterocycles. The highest BCUT2D eigenvalue weighted by atomic mass is 32.2. The minimum absolute atomic E-state index is 0.0522. The number of rotatable bonds is 9. The highest BCUT2D eigenvalue weighted by Crippen LogP contribution is 2.28. The molecule has 0 aliphatic rings. The molecular weight excluding hydrogens is 447 g/mol. The van der Waals surface area contributed by atoms with Crippen molar-refractivity contribution in [3.8, 4) is 11.5 Å². The van der Waals surface area contributed by atoms with Gasteiger partial charge in [-0.3, -0.25) is 9.78 Å². The van der Waals surface area contributed by atoms with Gasteiger partial charge in [-0.1, -0.05) is 6.07 Å². The summed E-state index contributed by atoms with van der Waals surface area (Å²) in [6.45, 7) is -0.205. The third-order valence-electron chi connectivity index (χ3n) is 4.89. The minimum Gasteiger partial charge on any atom is -0.497 e. The second-order valence-corrected chi connectivity index (χ2v) is 9.09. The molecule has 9 heteroatoms. The first-order valence-electron chi connectivity index (χ1n) is 9.92. The smallest absolute Gasteiger partial charge is 0.244 e. The van der Waals surface area contributed by atoms with Gasteiger partial charge in [0.1, 0.15) is 22.6 Å². The van der Waals surface area contributed by atoms with Crippen LogP contribution in [0.4, 0.5) is 4.39 Å². The summed E-state index contributed by atoms with van der Waals surface area (Å²) < 4.78 is 50.2. The number of nitrogens with one attached hydrogen (secondary N) is 1. The van der Waals surface area contributed by atoms with Gasteiger partial charge in [0.05, 0.1) is 19.1 Å². The SMILES string of the molecule is COc1ccc(OC)c(/C=C/C(=O)NCC(c2cccnc2)S(=O)(=O)c2ccc(F)cc2)c1. The van der Waals surface area contributed by atoms with Crippen LogP contribution in [0, 0.1) is 5.82 Å². The van der Waals surface area contributed by atoms with Crippen LogP contribution < -0.4 is 14.8 Å². The molecule has 0 saturated heterocycles.